The molecule has 1 aliphatic heterocycles. The molecular weight excluding hydrogens is 404 g/mol. The van der Waals surface area contributed by atoms with Gasteiger partial charge in [0.2, 0.25) is 15.9 Å². The Hall–Kier alpha value is -3.10. The van der Waals surface area contributed by atoms with Gasteiger partial charge in [-0.25, -0.2) is 8.42 Å². The number of hydrogen-bond donors (Lipinski definition) is 1. The molecular formula is C22H22N2O5S. The number of furan rings is 1. The molecule has 0 saturated heterocycles. The van der Waals surface area contributed by atoms with Gasteiger partial charge in [0.05, 0.1) is 30.7 Å². The van der Waals surface area contributed by atoms with Crippen LogP contribution in [0.15, 0.2) is 76.2 Å². The molecule has 0 spiro atoms. The number of ether oxygens (including phenoxy) is 1. The van der Waals surface area contributed by atoms with E-state index in [1.165, 1.54) is 25.5 Å². The van der Waals surface area contributed by atoms with Crippen LogP contribution in [0.4, 0.5) is 5.69 Å². The molecule has 0 aliphatic carbocycles. The zero-order valence-electron chi connectivity index (χ0n) is 16.4. The number of hydrogen-bond acceptors (Lipinski definition) is 5. The molecule has 0 radical (unpaired) electrons. The highest BCUT2D eigenvalue weighted by atomic mass is 32.2. The molecule has 1 atom stereocenters. The number of nitrogens with zero attached hydrogens (tertiary/aromatic N) is 1. The molecule has 30 heavy (non-hydrogen) atoms. The minimum atomic E-state index is -3.88. The first-order valence-corrected chi connectivity index (χ1v) is 11.0. The molecule has 1 amide bonds. The molecule has 0 bridgehead atoms. The minimum Gasteiger partial charge on any atom is -0.497 e. The van der Waals surface area contributed by atoms with Crippen LogP contribution >= 0.6 is 0 Å². The minimum absolute atomic E-state index is 0.0583. The number of sulfonamides is 1. The summed E-state index contributed by atoms with van der Waals surface area (Å²) in [7, 11) is -2.37. The Balaban J connectivity index is 1.56. The smallest absolute Gasteiger partial charge is 0.241 e. The van der Waals surface area contributed by atoms with Crippen molar-refractivity contribution in [3.8, 4) is 5.75 Å². The van der Waals surface area contributed by atoms with E-state index in [2.05, 4.69) is 4.72 Å². The maximum absolute atomic E-state index is 13.1. The van der Waals surface area contributed by atoms with Crippen molar-refractivity contribution in [1.29, 1.82) is 0 Å². The highest BCUT2D eigenvalue weighted by Crippen LogP contribution is 2.30. The summed E-state index contributed by atoms with van der Waals surface area (Å²) in [5.74, 6) is 0.770. The van der Waals surface area contributed by atoms with Gasteiger partial charge in [0.15, 0.2) is 0 Å². The number of carbonyl (C=O) groups is 1. The van der Waals surface area contributed by atoms with Crippen molar-refractivity contribution in [2.75, 3.05) is 18.6 Å². The highest BCUT2D eigenvalue weighted by Gasteiger charge is 2.30. The fourth-order valence-electron chi connectivity index (χ4n) is 3.58. The monoisotopic (exact) mass is 426 g/mol. The van der Waals surface area contributed by atoms with Crippen LogP contribution in [0, 0.1) is 0 Å². The van der Waals surface area contributed by atoms with Crippen LogP contribution < -0.4 is 14.4 Å². The lowest BCUT2D eigenvalue weighted by molar-refractivity contribution is -0.119. The van der Waals surface area contributed by atoms with Gasteiger partial charge in [-0.15, -0.1) is 0 Å². The topological polar surface area (TPSA) is 88.8 Å². The van der Waals surface area contributed by atoms with Crippen LogP contribution in [0.2, 0.25) is 0 Å². The number of carbonyl (C=O) groups excluding carboxylic acids is 1. The molecule has 0 unspecified atom stereocenters. The summed E-state index contributed by atoms with van der Waals surface area (Å²) in [6.45, 7) is 0.578. The van der Waals surface area contributed by atoms with Gasteiger partial charge in [-0.1, -0.05) is 18.2 Å². The number of fused-ring (bicyclic) bond motifs is 1. The van der Waals surface area contributed by atoms with E-state index < -0.39 is 16.1 Å². The third-order valence-corrected chi connectivity index (χ3v) is 6.61. The number of methoxy groups -OCH3 is 1. The van der Waals surface area contributed by atoms with Gasteiger partial charge in [-0.05, 0) is 54.4 Å². The molecule has 1 aromatic heterocycles. The first-order chi connectivity index (χ1) is 14.5. The molecule has 2 heterocycles. The van der Waals surface area contributed by atoms with Crippen molar-refractivity contribution in [2.45, 2.75) is 23.8 Å². The van der Waals surface area contributed by atoms with Gasteiger partial charge in [-0.3, -0.25) is 4.79 Å². The quantitative estimate of drug-likeness (QED) is 0.626. The number of rotatable bonds is 7. The highest BCUT2D eigenvalue weighted by molar-refractivity contribution is 7.89. The SMILES string of the molecule is COc1ccc(S(=O)(=O)N[C@H](CC(=O)N2CCc3ccccc32)c2ccco2)cc1. The summed E-state index contributed by atoms with van der Waals surface area (Å²) in [5, 5.41) is 0. The largest absolute Gasteiger partial charge is 0.497 e. The van der Waals surface area contributed by atoms with Crippen LogP contribution in [0.5, 0.6) is 5.75 Å². The van der Waals surface area contributed by atoms with E-state index in [0.717, 1.165) is 17.7 Å². The molecule has 0 saturated carbocycles. The van der Waals surface area contributed by atoms with Crippen LogP contribution in [-0.2, 0) is 21.2 Å². The van der Waals surface area contributed by atoms with Crippen LogP contribution in [-0.4, -0.2) is 28.0 Å². The molecule has 156 valence electrons. The lowest BCUT2D eigenvalue weighted by Crippen LogP contribution is -2.35. The molecule has 7 nitrogen and oxygen atoms in total. The van der Waals surface area contributed by atoms with Gasteiger partial charge in [0, 0.05) is 12.2 Å². The molecule has 0 fully saturated rings. The number of anilines is 1. The molecule has 3 aromatic rings. The maximum Gasteiger partial charge on any atom is 0.241 e. The van der Waals surface area contributed by atoms with Crippen molar-refractivity contribution in [3.63, 3.8) is 0 Å². The summed E-state index contributed by atoms with van der Waals surface area (Å²) in [6, 6.07) is 16.3. The van der Waals surface area contributed by atoms with E-state index in [1.54, 1.807) is 29.2 Å². The first-order valence-electron chi connectivity index (χ1n) is 9.56. The summed E-state index contributed by atoms with van der Waals surface area (Å²) < 4.78 is 39.0. The van der Waals surface area contributed by atoms with Crippen molar-refractivity contribution in [1.82, 2.24) is 4.72 Å². The second kappa shape index (κ2) is 8.33. The zero-order valence-corrected chi connectivity index (χ0v) is 17.3. The fourth-order valence-corrected chi connectivity index (χ4v) is 4.79. The second-order valence-corrected chi connectivity index (χ2v) is 8.71. The van der Waals surface area contributed by atoms with Gasteiger partial charge in [0.1, 0.15) is 11.5 Å². The Kier molecular flexibility index (Phi) is 5.61. The molecule has 2 aromatic carbocycles. The van der Waals surface area contributed by atoms with Crippen LogP contribution in [0.1, 0.15) is 23.8 Å². The van der Waals surface area contributed by atoms with Crippen LogP contribution in [0.3, 0.4) is 0 Å². The molecule has 8 heteroatoms. The Bertz CT molecular complexity index is 1120. The Morgan fingerprint density at radius 2 is 1.90 bits per heavy atom. The predicted octanol–water partition coefficient (Wildman–Crippen LogP) is 3.29. The van der Waals surface area contributed by atoms with Crippen molar-refractivity contribution in [2.24, 2.45) is 0 Å². The average molecular weight is 426 g/mol. The Morgan fingerprint density at radius 3 is 2.60 bits per heavy atom. The van der Waals surface area contributed by atoms with Gasteiger partial charge >= 0.3 is 0 Å². The van der Waals surface area contributed by atoms with Gasteiger partial charge in [-0.2, -0.15) is 4.72 Å². The summed E-state index contributed by atoms with van der Waals surface area (Å²) in [6.07, 6.45) is 2.18. The van der Waals surface area contributed by atoms with E-state index in [-0.39, 0.29) is 17.2 Å². The summed E-state index contributed by atoms with van der Waals surface area (Å²) in [5.41, 5.74) is 1.98. The van der Waals surface area contributed by atoms with Crippen molar-refractivity contribution < 1.29 is 22.4 Å². The van der Waals surface area contributed by atoms with E-state index in [9.17, 15) is 13.2 Å². The van der Waals surface area contributed by atoms with E-state index in [0.29, 0.717) is 18.1 Å². The van der Waals surface area contributed by atoms with Crippen LogP contribution in [0.25, 0.3) is 0 Å². The van der Waals surface area contributed by atoms with E-state index in [4.69, 9.17) is 9.15 Å². The fraction of sp³-hybridized carbons (Fsp3) is 0.227. The Labute approximate surface area is 175 Å². The lowest BCUT2D eigenvalue weighted by atomic mass is 10.1. The Morgan fingerprint density at radius 1 is 1.13 bits per heavy atom. The zero-order chi connectivity index (χ0) is 21.1. The molecule has 1 N–H and O–H groups in total. The number of nitrogens with one attached hydrogen (secondary N) is 1. The third kappa shape index (κ3) is 4.10. The number of benzene rings is 2. The molecule has 4 rings (SSSR count). The van der Waals surface area contributed by atoms with E-state index in [1.807, 2.05) is 24.3 Å². The predicted molar refractivity (Wildman–Crippen MR) is 112 cm³/mol. The number of para-hydroxylation sites is 1. The average Bonchev–Trinajstić information content (AvgIpc) is 3.43. The normalized spacial score (nSPS) is 14.4. The standard InChI is InChI=1S/C22H22N2O5S/c1-28-17-8-10-18(11-9-17)30(26,27)23-19(21-7-4-14-29-21)15-22(25)24-13-12-16-5-2-3-6-20(16)24/h2-11,14,19,23H,12-13,15H2,1H3/t19-/m1/s1. The lowest BCUT2D eigenvalue weighted by Gasteiger charge is -2.22. The van der Waals surface area contributed by atoms with Crippen molar-refractivity contribution >= 4 is 21.6 Å². The summed E-state index contributed by atoms with van der Waals surface area (Å²) in [4.78, 5) is 14.8. The number of amides is 1. The molecule has 1 aliphatic rings. The second-order valence-electron chi connectivity index (χ2n) is 6.99. The maximum atomic E-state index is 13.1. The third-order valence-electron chi connectivity index (χ3n) is 5.12. The van der Waals surface area contributed by atoms with Gasteiger partial charge in [0.25, 0.3) is 0 Å². The summed E-state index contributed by atoms with van der Waals surface area (Å²) >= 11 is 0. The first kappa shape index (κ1) is 20.2. The van der Waals surface area contributed by atoms with Crippen molar-refractivity contribution in [3.05, 3.63) is 78.3 Å². The van der Waals surface area contributed by atoms with E-state index >= 15 is 0 Å². The van der Waals surface area contributed by atoms with Gasteiger partial charge < -0.3 is 14.1 Å².